The molecule has 2 aliphatic heterocycles. The van der Waals surface area contributed by atoms with Crippen LogP contribution < -0.4 is 5.32 Å². The maximum atomic E-state index is 3.56. The van der Waals surface area contributed by atoms with Crippen molar-refractivity contribution >= 4 is 0 Å². The molecular formula is C14H18N2. The van der Waals surface area contributed by atoms with E-state index < -0.39 is 0 Å². The van der Waals surface area contributed by atoms with Crippen LogP contribution in [0.2, 0.25) is 0 Å². The van der Waals surface area contributed by atoms with Gasteiger partial charge >= 0.3 is 0 Å². The molecule has 0 aromatic rings. The number of rotatable bonds is 1. The Morgan fingerprint density at radius 1 is 1.44 bits per heavy atom. The fraction of sp³-hybridized carbons (Fsp3) is 0.429. The van der Waals surface area contributed by atoms with Gasteiger partial charge in [0.05, 0.1) is 0 Å². The molecule has 3 rings (SSSR count). The van der Waals surface area contributed by atoms with E-state index in [4.69, 9.17) is 0 Å². The minimum absolute atomic E-state index is 0.510. The third kappa shape index (κ3) is 1.63. The van der Waals surface area contributed by atoms with Crippen LogP contribution in [-0.4, -0.2) is 24.5 Å². The van der Waals surface area contributed by atoms with Gasteiger partial charge in [-0.15, -0.1) is 0 Å². The summed E-state index contributed by atoms with van der Waals surface area (Å²) in [6, 6.07) is 0. The smallest absolute Gasteiger partial charge is 0.0350 e. The van der Waals surface area contributed by atoms with Crippen LogP contribution in [0.25, 0.3) is 0 Å². The van der Waals surface area contributed by atoms with Crippen molar-refractivity contribution in [3.63, 3.8) is 0 Å². The zero-order chi connectivity index (χ0) is 11.0. The van der Waals surface area contributed by atoms with Crippen LogP contribution >= 0.6 is 0 Å². The number of nitrogens with one attached hydrogen (secondary N) is 1. The number of dihydropyridines is 1. The number of hydrogen-bond acceptors (Lipinski definition) is 2. The molecule has 3 aliphatic rings. The highest BCUT2D eigenvalue weighted by Gasteiger charge is 2.25. The molecule has 1 unspecified atom stereocenters. The second kappa shape index (κ2) is 3.95. The molecule has 16 heavy (non-hydrogen) atoms. The summed E-state index contributed by atoms with van der Waals surface area (Å²) in [5, 5.41) is 3.56. The lowest BCUT2D eigenvalue weighted by atomic mass is 9.89. The number of allylic oxidation sites excluding steroid dienone is 5. The Hall–Kier alpha value is -1.28. The molecular weight excluding hydrogens is 196 g/mol. The van der Waals surface area contributed by atoms with Gasteiger partial charge in [0.1, 0.15) is 0 Å². The molecule has 2 heterocycles. The maximum absolute atomic E-state index is 3.56. The van der Waals surface area contributed by atoms with Gasteiger partial charge in [-0.25, -0.2) is 0 Å². The van der Waals surface area contributed by atoms with Crippen molar-refractivity contribution in [3.05, 3.63) is 47.3 Å². The Morgan fingerprint density at radius 2 is 2.38 bits per heavy atom. The van der Waals surface area contributed by atoms with Crippen LogP contribution in [-0.2, 0) is 0 Å². The summed E-state index contributed by atoms with van der Waals surface area (Å²) in [5.74, 6) is 0.510. The Balaban J connectivity index is 1.91. The zero-order valence-electron chi connectivity index (χ0n) is 9.74. The first-order chi connectivity index (χ1) is 7.86. The summed E-state index contributed by atoms with van der Waals surface area (Å²) in [4.78, 5) is 2.52. The lowest BCUT2D eigenvalue weighted by molar-refractivity contribution is 0.289. The van der Waals surface area contributed by atoms with E-state index in [2.05, 4.69) is 47.5 Å². The molecule has 2 heteroatoms. The van der Waals surface area contributed by atoms with E-state index in [1.807, 2.05) is 0 Å². The number of fused-ring (bicyclic) bond motifs is 2. The topological polar surface area (TPSA) is 15.3 Å². The highest BCUT2D eigenvalue weighted by Crippen LogP contribution is 2.30. The molecule has 1 atom stereocenters. The monoisotopic (exact) mass is 214 g/mol. The maximum Gasteiger partial charge on any atom is 0.0350 e. The summed E-state index contributed by atoms with van der Waals surface area (Å²) >= 11 is 0. The lowest BCUT2D eigenvalue weighted by Gasteiger charge is -2.35. The first kappa shape index (κ1) is 9.91. The SMILES string of the molecule is CCN1CCC2=C(C1)C1C=CC=CC(=C1)N2. The van der Waals surface area contributed by atoms with Crippen molar-refractivity contribution in [3.8, 4) is 0 Å². The van der Waals surface area contributed by atoms with Gasteiger partial charge in [0.2, 0.25) is 0 Å². The molecule has 2 nitrogen and oxygen atoms in total. The number of nitrogens with zero attached hydrogens (tertiary/aromatic N) is 1. The molecule has 1 aliphatic carbocycles. The minimum Gasteiger partial charge on any atom is -0.359 e. The van der Waals surface area contributed by atoms with Crippen LogP contribution in [0, 0.1) is 5.92 Å². The van der Waals surface area contributed by atoms with Crippen molar-refractivity contribution < 1.29 is 0 Å². The van der Waals surface area contributed by atoms with E-state index in [9.17, 15) is 0 Å². The van der Waals surface area contributed by atoms with Gasteiger partial charge < -0.3 is 5.32 Å². The third-order valence-electron chi connectivity index (χ3n) is 3.67. The van der Waals surface area contributed by atoms with Gasteiger partial charge in [0.15, 0.2) is 0 Å². The molecule has 0 fully saturated rings. The predicted molar refractivity (Wildman–Crippen MR) is 66.7 cm³/mol. The highest BCUT2D eigenvalue weighted by molar-refractivity contribution is 5.42. The molecule has 2 bridgehead atoms. The first-order valence-corrected chi connectivity index (χ1v) is 6.15. The predicted octanol–water partition coefficient (Wildman–Crippen LogP) is 2.20. The average Bonchev–Trinajstić information content (AvgIpc) is 2.52. The van der Waals surface area contributed by atoms with Gasteiger partial charge in [-0.3, -0.25) is 4.90 Å². The van der Waals surface area contributed by atoms with Gasteiger partial charge in [-0.1, -0.05) is 25.2 Å². The third-order valence-corrected chi connectivity index (χ3v) is 3.67. The average molecular weight is 214 g/mol. The summed E-state index contributed by atoms with van der Waals surface area (Å²) in [7, 11) is 0. The lowest BCUT2D eigenvalue weighted by Crippen LogP contribution is -2.38. The number of likely N-dealkylation sites (N-methyl/N-ethyl adjacent to an activating group) is 1. The molecule has 0 saturated carbocycles. The summed E-state index contributed by atoms with van der Waals surface area (Å²) in [6.45, 7) is 5.71. The molecule has 84 valence electrons. The Bertz CT molecular complexity index is 412. The van der Waals surface area contributed by atoms with Crippen LogP contribution in [0.3, 0.4) is 0 Å². The molecule has 1 N–H and O–H groups in total. The van der Waals surface area contributed by atoms with Crippen molar-refractivity contribution in [2.24, 2.45) is 5.92 Å². The number of hydrogen-bond donors (Lipinski definition) is 1. The summed E-state index contributed by atoms with van der Waals surface area (Å²) in [6.07, 6.45) is 12.2. The van der Waals surface area contributed by atoms with Crippen LogP contribution in [0.1, 0.15) is 13.3 Å². The fourth-order valence-corrected chi connectivity index (χ4v) is 2.69. The van der Waals surface area contributed by atoms with E-state index in [0.29, 0.717) is 5.92 Å². The Labute approximate surface area is 97.0 Å². The molecule has 0 spiro atoms. The summed E-state index contributed by atoms with van der Waals surface area (Å²) in [5.41, 5.74) is 4.29. The van der Waals surface area contributed by atoms with E-state index in [1.54, 1.807) is 5.57 Å². The van der Waals surface area contributed by atoms with E-state index >= 15 is 0 Å². The molecule has 0 aromatic heterocycles. The standard InChI is InChI=1S/C14H18N2/c1-2-16-8-7-14-13(10-16)11-5-3-4-6-12(9-11)15-14/h3-6,9,11,15H,2,7-8,10H2,1H3. The minimum atomic E-state index is 0.510. The van der Waals surface area contributed by atoms with Crippen LogP contribution in [0.5, 0.6) is 0 Å². The van der Waals surface area contributed by atoms with E-state index in [0.717, 1.165) is 13.1 Å². The second-order valence-corrected chi connectivity index (χ2v) is 4.64. The van der Waals surface area contributed by atoms with Gasteiger partial charge in [0, 0.05) is 36.8 Å². The molecule has 0 saturated heterocycles. The normalized spacial score (nSPS) is 28.3. The van der Waals surface area contributed by atoms with E-state index in [-0.39, 0.29) is 0 Å². The summed E-state index contributed by atoms with van der Waals surface area (Å²) < 4.78 is 0. The molecule has 0 aromatic carbocycles. The van der Waals surface area contributed by atoms with Crippen molar-refractivity contribution in [1.29, 1.82) is 0 Å². The van der Waals surface area contributed by atoms with Crippen molar-refractivity contribution in [2.45, 2.75) is 13.3 Å². The molecule has 0 amide bonds. The first-order valence-electron chi connectivity index (χ1n) is 6.15. The second-order valence-electron chi connectivity index (χ2n) is 4.64. The zero-order valence-corrected chi connectivity index (χ0v) is 9.74. The highest BCUT2D eigenvalue weighted by atomic mass is 15.1. The quantitative estimate of drug-likeness (QED) is 0.720. The Kier molecular flexibility index (Phi) is 2.44. The van der Waals surface area contributed by atoms with Crippen LogP contribution in [0.4, 0.5) is 0 Å². The van der Waals surface area contributed by atoms with Crippen molar-refractivity contribution in [1.82, 2.24) is 10.2 Å². The molecule has 0 radical (unpaired) electrons. The Morgan fingerprint density at radius 3 is 3.25 bits per heavy atom. The van der Waals surface area contributed by atoms with Gasteiger partial charge in [0.25, 0.3) is 0 Å². The fourth-order valence-electron chi connectivity index (χ4n) is 2.69. The van der Waals surface area contributed by atoms with Crippen LogP contribution in [0.15, 0.2) is 47.3 Å². The van der Waals surface area contributed by atoms with Gasteiger partial charge in [-0.05, 0) is 24.3 Å². The van der Waals surface area contributed by atoms with Gasteiger partial charge in [-0.2, -0.15) is 0 Å². The van der Waals surface area contributed by atoms with Crippen molar-refractivity contribution in [2.75, 3.05) is 19.6 Å². The van der Waals surface area contributed by atoms with E-state index in [1.165, 1.54) is 24.4 Å². The largest absolute Gasteiger partial charge is 0.359 e.